The molecule has 0 radical (unpaired) electrons. The van der Waals surface area contributed by atoms with Crippen molar-refractivity contribution >= 4 is 34.9 Å². The minimum atomic E-state index is -0.831. The Morgan fingerprint density at radius 2 is 2.10 bits per heavy atom. The fraction of sp³-hybridized carbons (Fsp3) is 0.538. The van der Waals surface area contributed by atoms with Crippen LogP contribution in [-0.4, -0.2) is 59.6 Å². The highest BCUT2D eigenvalue weighted by molar-refractivity contribution is 7.16. The van der Waals surface area contributed by atoms with Crippen LogP contribution in [0.3, 0.4) is 0 Å². The van der Waals surface area contributed by atoms with Gasteiger partial charge in [0, 0.05) is 31.1 Å². The number of nitrogens with zero attached hydrogens (tertiary/aromatic N) is 2. The van der Waals surface area contributed by atoms with Crippen LogP contribution >= 0.6 is 22.9 Å². The molecule has 1 fully saturated rings. The summed E-state index contributed by atoms with van der Waals surface area (Å²) in [7, 11) is 0. The topological polar surface area (TPSA) is 72.9 Å². The Bertz CT molecular complexity index is 509. The first-order chi connectivity index (χ1) is 10.0. The lowest BCUT2D eigenvalue weighted by Crippen LogP contribution is -2.42. The van der Waals surface area contributed by atoms with Crippen molar-refractivity contribution in [3.63, 3.8) is 0 Å². The van der Waals surface area contributed by atoms with Gasteiger partial charge in [0.1, 0.15) is 0 Å². The van der Waals surface area contributed by atoms with Gasteiger partial charge in [-0.15, -0.1) is 11.3 Å². The number of rotatable bonds is 4. The summed E-state index contributed by atoms with van der Waals surface area (Å²) >= 11 is 7.29. The van der Waals surface area contributed by atoms with Gasteiger partial charge in [-0.05, 0) is 18.6 Å². The van der Waals surface area contributed by atoms with E-state index in [2.05, 4.69) is 5.32 Å². The average molecular weight is 332 g/mol. The van der Waals surface area contributed by atoms with Crippen molar-refractivity contribution in [3.8, 4) is 0 Å². The maximum absolute atomic E-state index is 12.1. The predicted molar refractivity (Wildman–Crippen MR) is 81.8 cm³/mol. The zero-order valence-corrected chi connectivity index (χ0v) is 13.1. The van der Waals surface area contributed by atoms with Crippen LogP contribution in [-0.2, 0) is 11.3 Å². The average Bonchev–Trinajstić information content (AvgIpc) is 2.70. The number of carbonyl (C=O) groups is 2. The lowest BCUT2D eigenvalue weighted by molar-refractivity contribution is -0.138. The molecule has 1 aromatic rings. The lowest BCUT2D eigenvalue weighted by atomic mass is 10.4. The third-order valence-corrected chi connectivity index (χ3v) is 4.51. The van der Waals surface area contributed by atoms with Crippen LogP contribution < -0.4 is 5.32 Å². The number of amides is 2. The molecule has 1 saturated heterocycles. The number of urea groups is 1. The number of carbonyl (C=O) groups excluding carboxylic acids is 1. The second-order valence-electron chi connectivity index (χ2n) is 4.88. The van der Waals surface area contributed by atoms with E-state index in [1.165, 1.54) is 11.3 Å². The van der Waals surface area contributed by atoms with Gasteiger partial charge in [0.2, 0.25) is 0 Å². The van der Waals surface area contributed by atoms with Crippen LogP contribution in [0.2, 0.25) is 4.34 Å². The molecule has 0 aromatic carbocycles. The number of hydrogen-bond donors (Lipinski definition) is 2. The Hall–Kier alpha value is -1.31. The van der Waals surface area contributed by atoms with Crippen LogP contribution in [0, 0.1) is 0 Å². The van der Waals surface area contributed by atoms with Gasteiger partial charge in [-0.3, -0.25) is 9.69 Å². The van der Waals surface area contributed by atoms with E-state index < -0.39 is 5.97 Å². The number of halogens is 1. The molecule has 2 N–H and O–H groups in total. The van der Waals surface area contributed by atoms with Crippen LogP contribution in [0.15, 0.2) is 12.1 Å². The molecule has 1 aliphatic heterocycles. The molecule has 1 aliphatic rings. The van der Waals surface area contributed by atoms with E-state index in [-0.39, 0.29) is 12.6 Å². The van der Waals surface area contributed by atoms with E-state index in [4.69, 9.17) is 16.7 Å². The van der Waals surface area contributed by atoms with Gasteiger partial charge in [0.05, 0.1) is 17.4 Å². The van der Waals surface area contributed by atoms with E-state index in [1.807, 2.05) is 17.0 Å². The Labute approximate surface area is 132 Å². The summed E-state index contributed by atoms with van der Waals surface area (Å²) in [4.78, 5) is 27.4. The molecular weight excluding hydrogens is 314 g/mol. The van der Waals surface area contributed by atoms with Gasteiger partial charge in [-0.2, -0.15) is 0 Å². The molecule has 21 heavy (non-hydrogen) atoms. The highest BCUT2D eigenvalue weighted by Crippen LogP contribution is 2.21. The van der Waals surface area contributed by atoms with Crippen molar-refractivity contribution in [1.29, 1.82) is 0 Å². The molecule has 0 aliphatic carbocycles. The first kappa shape index (κ1) is 16.1. The van der Waals surface area contributed by atoms with Crippen LogP contribution in [0.25, 0.3) is 0 Å². The van der Waals surface area contributed by atoms with Crippen molar-refractivity contribution in [2.45, 2.75) is 13.0 Å². The molecule has 116 valence electrons. The second-order valence-corrected chi connectivity index (χ2v) is 6.67. The molecule has 6 nitrogen and oxygen atoms in total. The standard InChI is InChI=1S/C13H18ClN3O3S/c14-11-3-2-10(21-11)8-15-13(20)17-5-1-4-16(6-7-17)9-12(18)19/h2-3H,1,4-9H2,(H,15,20)(H,18,19). The zero-order valence-electron chi connectivity index (χ0n) is 11.5. The van der Waals surface area contributed by atoms with Crippen LogP contribution in [0.4, 0.5) is 4.79 Å². The maximum atomic E-state index is 12.1. The molecule has 0 atom stereocenters. The second kappa shape index (κ2) is 7.63. The summed E-state index contributed by atoms with van der Waals surface area (Å²) in [6.07, 6.45) is 0.783. The highest BCUT2D eigenvalue weighted by Gasteiger charge is 2.20. The number of aliphatic carboxylic acids is 1. The van der Waals surface area contributed by atoms with E-state index >= 15 is 0 Å². The summed E-state index contributed by atoms with van der Waals surface area (Å²) < 4.78 is 0.707. The first-order valence-corrected chi connectivity index (χ1v) is 7.95. The van der Waals surface area contributed by atoms with E-state index in [1.54, 1.807) is 4.90 Å². The van der Waals surface area contributed by atoms with Crippen molar-refractivity contribution in [1.82, 2.24) is 15.1 Å². The maximum Gasteiger partial charge on any atom is 0.317 e. The summed E-state index contributed by atoms with van der Waals surface area (Å²) in [5, 5.41) is 11.7. The monoisotopic (exact) mass is 331 g/mol. The molecule has 0 saturated carbocycles. The Morgan fingerprint density at radius 1 is 1.29 bits per heavy atom. The number of hydrogen-bond acceptors (Lipinski definition) is 4. The van der Waals surface area contributed by atoms with Crippen molar-refractivity contribution in [2.24, 2.45) is 0 Å². The van der Waals surface area contributed by atoms with Crippen molar-refractivity contribution in [3.05, 3.63) is 21.3 Å². The number of carboxylic acids is 1. The molecule has 0 spiro atoms. The SMILES string of the molecule is O=C(O)CN1CCCN(C(=O)NCc2ccc(Cl)s2)CC1. The molecule has 0 bridgehead atoms. The van der Waals surface area contributed by atoms with E-state index in [9.17, 15) is 9.59 Å². The summed E-state index contributed by atoms with van der Waals surface area (Å²) in [6.45, 7) is 2.98. The zero-order chi connectivity index (χ0) is 15.2. The quantitative estimate of drug-likeness (QED) is 0.881. The number of carboxylic acid groups (broad SMARTS) is 1. The first-order valence-electron chi connectivity index (χ1n) is 6.76. The van der Waals surface area contributed by atoms with E-state index in [0.717, 1.165) is 11.3 Å². The third kappa shape index (κ3) is 5.18. The Kier molecular flexibility index (Phi) is 5.84. The number of thiophene rings is 1. The normalized spacial score (nSPS) is 16.5. The molecule has 2 heterocycles. The fourth-order valence-corrected chi connectivity index (χ4v) is 3.27. The molecular formula is C13H18ClN3O3S. The molecule has 0 unspecified atom stereocenters. The van der Waals surface area contributed by atoms with Gasteiger partial charge in [-0.1, -0.05) is 11.6 Å². The molecule has 8 heteroatoms. The van der Waals surface area contributed by atoms with E-state index in [0.29, 0.717) is 37.1 Å². The number of nitrogens with one attached hydrogen (secondary N) is 1. The molecule has 2 rings (SSSR count). The molecule has 1 aromatic heterocycles. The lowest BCUT2D eigenvalue weighted by Gasteiger charge is -2.21. The van der Waals surface area contributed by atoms with Gasteiger partial charge in [0.25, 0.3) is 0 Å². The van der Waals surface area contributed by atoms with Crippen LogP contribution in [0.1, 0.15) is 11.3 Å². The van der Waals surface area contributed by atoms with Gasteiger partial charge < -0.3 is 15.3 Å². The molecule has 2 amide bonds. The summed E-state index contributed by atoms with van der Waals surface area (Å²) in [6, 6.07) is 3.59. The van der Waals surface area contributed by atoms with Gasteiger partial charge in [0.15, 0.2) is 0 Å². The Balaban J connectivity index is 1.78. The van der Waals surface area contributed by atoms with Crippen molar-refractivity contribution in [2.75, 3.05) is 32.7 Å². The highest BCUT2D eigenvalue weighted by atomic mass is 35.5. The predicted octanol–water partition coefficient (Wildman–Crippen LogP) is 1.70. The fourth-order valence-electron chi connectivity index (χ4n) is 2.24. The summed E-state index contributed by atoms with van der Waals surface area (Å²) in [5.41, 5.74) is 0. The minimum absolute atomic E-state index is 0.0309. The minimum Gasteiger partial charge on any atom is -0.480 e. The van der Waals surface area contributed by atoms with Gasteiger partial charge in [-0.25, -0.2) is 4.79 Å². The van der Waals surface area contributed by atoms with Gasteiger partial charge >= 0.3 is 12.0 Å². The summed E-state index contributed by atoms with van der Waals surface area (Å²) in [5.74, 6) is -0.831. The largest absolute Gasteiger partial charge is 0.480 e. The Morgan fingerprint density at radius 3 is 2.76 bits per heavy atom. The van der Waals surface area contributed by atoms with Crippen LogP contribution in [0.5, 0.6) is 0 Å². The smallest absolute Gasteiger partial charge is 0.317 e. The third-order valence-electron chi connectivity index (χ3n) is 3.28. The van der Waals surface area contributed by atoms with Crippen molar-refractivity contribution < 1.29 is 14.7 Å².